The maximum atomic E-state index is 15.5. The maximum absolute atomic E-state index is 15.5. The Balaban J connectivity index is 5.54. The van der Waals surface area contributed by atoms with Crippen molar-refractivity contribution in [2.24, 2.45) is 27.6 Å². The molecule has 0 nitrogen and oxygen atoms in total. The second kappa shape index (κ2) is 6.40. The molecule has 22 heavy (non-hydrogen) atoms. The molecular weight excluding hydrogens is 278 g/mol. The summed E-state index contributed by atoms with van der Waals surface area (Å²) in [6, 6.07) is 0. The predicted octanol–water partition coefficient (Wildman–Crippen LogP) is 7.57. The highest BCUT2D eigenvalue weighted by molar-refractivity contribution is 5.03. The summed E-state index contributed by atoms with van der Waals surface area (Å²) in [5.74, 6) is -2.26. The molecule has 0 aliphatic rings. The molecule has 0 aromatic rings. The fourth-order valence-corrected chi connectivity index (χ4v) is 3.62. The normalized spacial score (nSPS) is 15.5. The maximum Gasteiger partial charge on any atom is 0.258 e. The Labute approximate surface area is 138 Å². The van der Waals surface area contributed by atoms with Crippen molar-refractivity contribution < 1.29 is 8.78 Å². The van der Waals surface area contributed by atoms with E-state index in [4.69, 9.17) is 0 Å². The van der Waals surface area contributed by atoms with Gasteiger partial charge in [0.2, 0.25) is 0 Å². The second-order valence-electron chi connectivity index (χ2n) is 10.6. The Kier molecular flexibility index (Phi) is 6.36. The number of halogens is 2. The summed E-state index contributed by atoms with van der Waals surface area (Å²) in [4.78, 5) is 0. The summed E-state index contributed by atoms with van der Waals surface area (Å²) in [7, 11) is 0. The fourth-order valence-electron chi connectivity index (χ4n) is 3.62. The van der Waals surface area contributed by atoms with Gasteiger partial charge in [0.25, 0.3) is 5.92 Å². The van der Waals surface area contributed by atoms with Crippen LogP contribution >= 0.6 is 0 Å². The van der Waals surface area contributed by atoms with Gasteiger partial charge in [0, 0.05) is 10.8 Å². The predicted molar refractivity (Wildman–Crippen MR) is 94.4 cm³/mol. The van der Waals surface area contributed by atoms with Crippen molar-refractivity contribution in [1.82, 2.24) is 0 Å². The van der Waals surface area contributed by atoms with Gasteiger partial charge in [-0.3, -0.25) is 0 Å². The van der Waals surface area contributed by atoms with E-state index in [1.54, 1.807) is 27.7 Å². The average molecular weight is 319 g/mol. The molecule has 0 aliphatic heterocycles. The van der Waals surface area contributed by atoms with Gasteiger partial charge in [-0.15, -0.1) is 0 Å². The van der Waals surface area contributed by atoms with E-state index in [2.05, 4.69) is 34.6 Å². The molecule has 0 saturated carbocycles. The highest BCUT2D eigenvalue weighted by Gasteiger charge is 2.62. The van der Waals surface area contributed by atoms with Crippen LogP contribution in [0.4, 0.5) is 8.78 Å². The van der Waals surface area contributed by atoms with Gasteiger partial charge in [-0.2, -0.15) is 0 Å². The third-order valence-corrected chi connectivity index (χ3v) is 5.65. The largest absolute Gasteiger partial charge is 0.258 e. The molecule has 0 heterocycles. The molecule has 2 heteroatoms. The Morgan fingerprint density at radius 2 is 1.14 bits per heavy atom. The molecule has 0 aromatic carbocycles. The van der Waals surface area contributed by atoms with Gasteiger partial charge in [0.1, 0.15) is 0 Å². The van der Waals surface area contributed by atoms with Crippen molar-refractivity contribution in [3.05, 3.63) is 0 Å². The summed E-state index contributed by atoms with van der Waals surface area (Å²) < 4.78 is 31.0. The molecule has 0 atom stereocenters. The first-order valence-electron chi connectivity index (χ1n) is 8.75. The second-order valence-corrected chi connectivity index (χ2v) is 10.6. The minimum absolute atomic E-state index is 0.0406. The van der Waals surface area contributed by atoms with Crippen LogP contribution in [0, 0.1) is 27.6 Å². The van der Waals surface area contributed by atoms with Crippen molar-refractivity contribution in [2.45, 2.75) is 101 Å². The number of hydrogen-bond donors (Lipinski definition) is 0. The number of hydrogen-bond acceptors (Lipinski definition) is 0. The van der Waals surface area contributed by atoms with E-state index >= 15 is 8.78 Å². The topological polar surface area (TPSA) is 0 Å². The van der Waals surface area contributed by atoms with Gasteiger partial charge in [-0.1, -0.05) is 82.6 Å². The standard InChI is InChI=1S/C20H40F2/c1-15(2)12-13-17(6,7)20(21,22)19(10,11)18(8,9)14-16(3,4)5/h15H,12-14H2,1-11H3. The van der Waals surface area contributed by atoms with Gasteiger partial charge in [0.15, 0.2) is 0 Å². The van der Waals surface area contributed by atoms with Crippen LogP contribution in [0.25, 0.3) is 0 Å². The first-order valence-corrected chi connectivity index (χ1v) is 8.75. The van der Waals surface area contributed by atoms with Crippen LogP contribution in [0.1, 0.15) is 95.4 Å². The summed E-state index contributed by atoms with van der Waals surface area (Å²) >= 11 is 0. The molecule has 0 spiro atoms. The van der Waals surface area contributed by atoms with E-state index < -0.39 is 22.2 Å². The van der Waals surface area contributed by atoms with Gasteiger partial charge in [0.05, 0.1) is 0 Å². The van der Waals surface area contributed by atoms with E-state index in [0.717, 1.165) is 12.8 Å². The highest BCUT2D eigenvalue weighted by Crippen LogP contribution is 2.60. The first-order chi connectivity index (χ1) is 9.37. The lowest BCUT2D eigenvalue weighted by Gasteiger charge is -2.54. The SMILES string of the molecule is CC(C)CCC(C)(C)C(F)(F)C(C)(C)C(C)(C)CC(C)(C)C. The molecule has 0 amide bonds. The molecule has 0 saturated heterocycles. The van der Waals surface area contributed by atoms with E-state index in [0.29, 0.717) is 12.3 Å². The van der Waals surface area contributed by atoms with Crippen LogP contribution in [-0.2, 0) is 0 Å². The van der Waals surface area contributed by atoms with Crippen molar-refractivity contribution in [1.29, 1.82) is 0 Å². The van der Waals surface area contributed by atoms with Crippen LogP contribution in [0.2, 0.25) is 0 Å². The molecule has 0 rings (SSSR count). The number of rotatable bonds is 7. The molecule has 0 unspecified atom stereocenters. The third kappa shape index (κ3) is 4.68. The first kappa shape index (κ1) is 21.9. The summed E-state index contributed by atoms with van der Waals surface area (Å²) in [6.07, 6.45) is 2.19. The molecule has 0 fully saturated rings. The van der Waals surface area contributed by atoms with Gasteiger partial charge >= 0.3 is 0 Å². The Morgan fingerprint density at radius 3 is 1.45 bits per heavy atom. The summed E-state index contributed by atoms with van der Waals surface area (Å²) in [6.45, 7) is 21.6. The highest BCUT2D eigenvalue weighted by atomic mass is 19.3. The molecule has 0 N–H and O–H groups in total. The van der Waals surface area contributed by atoms with E-state index in [9.17, 15) is 0 Å². The van der Waals surface area contributed by atoms with Gasteiger partial charge in [-0.05, 0) is 29.6 Å². The van der Waals surface area contributed by atoms with Crippen LogP contribution in [0.5, 0.6) is 0 Å². The summed E-state index contributed by atoms with van der Waals surface area (Å²) in [5, 5.41) is 0. The quantitative estimate of drug-likeness (QED) is 0.454. The molecule has 0 radical (unpaired) electrons. The molecule has 0 aromatic heterocycles. The van der Waals surface area contributed by atoms with Crippen LogP contribution in [0.15, 0.2) is 0 Å². The van der Waals surface area contributed by atoms with Gasteiger partial charge in [-0.25, -0.2) is 8.78 Å². The van der Waals surface area contributed by atoms with E-state index in [-0.39, 0.29) is 5.41 Å². The Bertz CT molecular complexity index is 354. The van der Waals surface area contributed by atoms with Crippen molar-refractivity contribution >= 4 is 0 Å². The van der Waals surface area contributed by atoms with Crippen molar-refractivity contribution in [3.8, 4) is 0 Å². The van der Waals surface area contributed by atoms with Crippen LogP contribution < -0.4 is 0 Å². The van der Waals surface area contributed by atoms with Crippen LogP contribution in [0.3, 0.4) is 0 Å². The van der Waals surface area contributed by atoms with E-state index in [1.807, 2.05) is 13.8 Å². The van der Waals surface area contributed by atoms with E-state index in [1.165, 1.54) is 0 Å². The lowest BCUT2D eigenvalue weighted by Crippen LogP contribution is -2.55. The zero-order valence-corrected chi connectivity index (χ0v) is 17.0. The third-order valence-electron chi connectivity index (χ3n) is 5.65. The minimum atomic E-state index is -2.72. The van der Waals surface area contributed by atoms with Gasteiger partial charge < -0.3 is 0 Å². The lowest BCUT2D eigenvalue weighted by atomic mass is 9.54. The monoisotopic (exact) mass is 318 g/mol. The Hall–Kier alpha value is -0.140. The van der Waals surface area contributed by atoms with Crippen molar-refractivity contribution in [3.63, 3.8) is 0 Å². The minimum Gasteiger partial charge on any atom is -0.206 e. The molecule has 0 aliphatic carbocycles. The Morgan fingerprint density at radius 1 is 0.727 bits per heavy atom. The fraction of sp³-hybridized carbons (Fsp3) is 1.00. The number of alkyl halides is 2. The zero-order valence-electron chi connectivity index (χ0n) is 17.0. The smallest absolute Gasteiger partial charge is 0.206 e. The molecular formula is C20H40F2. The van der Waals surface area contributed by atoms with Crippen molar-refractivity contribution in [2.75, 3.05) is 0 Å². The molecule has 134 valence electrons. The molecule has 0 bridgehead atoms. The average Bonchev–Trinajstić information content (AvgIpc) is 2.22. The van der Waals surface area contributed by atoms with Crippen LogP contribution in [-0.4, -0.2) is 5.92 Å². The summed E-state index contributed by atoms with van der Waals surface area (Å²) in [5.41, 5.74) is -2.45. The zero-order chi connectivity index (χ0) is 18.2. The lowest BCUT2D eigenvalue weighted by molar-refractivity contribution is -0.230.